The summed E-state index contributed by atoms with van der Waals surface area (Å²) in [6, 6.07) is 15.1. The molecule has 0 unspecified atom stereocenters. The molecule has 0 atom stereocenters. The number of carbonyl (C=O) groups excluding carboxylic acids is 1. The Labute approximate surface area is 244 Å². The minimum absolute atomic E-state index is 0.0331. The van der Waals surface area contributed by atoms with Crippen molar-refractivity contribution in [2.24, 2.45) is 0 Å². The van der Waals surface area contributed by atoms with E-state index in [-0.39, 0.29) is 29.1 Å². The van der Waals surface area contributed by atoms with E-state index in [2.05, 4.69) is 9.97 Å². The highest BCUT2D eigenvalue weighted by Crippen LogP contribution is 2.34. The number of aromatic nitrogens is 3. The second-order valence-electron chi connectivity index (χ2n) is 9.61. The van der Waals surface area contributed by atoms with Gasteiger partial charge in [-0.1, -0.05) is 24.3 Å². The highest BCUT2D eigenvalue weighted by molar-refractivity contribution is 5.99. The number of pyridine rings is 3. The van der Waals surface area contributed by atoms with E-state index >= 15 is 0 Å². The Hall–Kier alpha value is -5.19. The van der Waals surface area contributed by atoms with E-state index in [1.54, 1.807) is 42.6 Å². The molecule has 5 rings (SSSR count). The topological polar surface area (TPSA) is 92.5 Å². The van der Waals surface area contributed by atoms with Crippen molar-refractivity contribution in [3.05, 3.63) is 106 Å². The lowest BCUT2D eigenvalue weighted by atomic mass is 9.97. The van der Waals surface area contributed by atoms with Crippen LogP contribution >= 0.6 is 0 Å². The number of ketones is 1. The van der Waals surface area contributed by atoms with Gasteiger partial charge in [0.05, 0.1) is 31.8 Å². The monoisotopic (exact) mass is 589 g/mol. The van der Waals surface area contributed by atoms with Gasteiger partial charge in [-0.25, -0.2) is 18.2 Å². The predicted molar refractivity (Wildman–Crippen MR) is 154 cm³/mol. The fourth-order valence-corrected chi connectivity index (χ4v) is 4.72. The van der Waals surface area contributed by atoms with Gasteiger partial charge >= 0.3 is 0 Å². The third kappa shape index (κ3) is 6.20. The molecular formula is C32H26F3N3O5. The van der Waals surface area contributed by atoms with Gasteiger partial charge in [0.2, 0.25) is 0 Å². The minimum Gasteiger partial charge on any atom is -0.491 e. The van der Waals surface area contributed by atoms with Crippen molar-refractivity contribution in [2.45, 2.75) is 26.3 Å². The summed E-state index contributed by atoms with van der Waals surface area (Å²) in [5.74, 6) is 0.521. The number of nitrogens with zero attached hydrogens (tertiary/aromatic N) is 3. The van der Waals surface area contributed by atoms with Gasteiger partial charge in [-0.15, -0.1) is 0 Å². The molecule has 2 aromatic carbocycles. The van der Waals surface area contributed by atoms with Gasteiger partial charge in [-0.05, 0) is 42.3 Å². The smallest absolute Gasteiger partial charge is 0.257 e. The third-order valence-corrected chi connectivity index (χ3v) is 6.85. The number of hydrogen-bond donors (Lipinski definition) is 0. The molecule has 0 spiro atoms. The predicted octanol–water partition coefficient (Wildman–Crippen LogP) is 6.41. The Morgan fingerprint density at radius 2 is 1.70 bits per heavy atom. The van der Waals surface area contributed by atoms with Crippen LogP contribution in [0.2, 0.25) is 0 Å². The average Bonchev–Trinajstić information content (AvgIpc) is 2.99. The van der Waals surface area contributed by atoms with Gasteiger partial charge < -0.3 is 18.8 Å². The normalized spacial score (nSPS) is 11.1. The molecule has 0 saturated heterocycles. The van der Waals surface area contributed by atoms with E-state index in [4.69, 9.17) is 14.2 Å². The molecule has 5 aromatic rings. The number of halogens is 3. The minimum atomic E-state index is -2.71. The Morgan fingerprint density at radius 3 is 2.35 bits per heavy atom. The number of Topliss-reactive ketones (excluding diaryl/α,β-unsaturated/α-hetero) is 1. The zero-order valence-corrected chi connectivity index (χ0v) is 23.4. The number of ether oxygens (including phenoxy) is 3. The van der Waals surface area contributed by atoms with Crippen LogP contribution in [0.3, 0.4) is 0 Å². The maximum atomic E-state index is 13.5. The summed E-state index contributed by atoms with van der Waals surface area (Å²) in [6.45, 7) is 0.754. The van der Waals surface area contributed by atoms with Gasteiger partial charge in [0.15, 0.2) is 22.7 Å². The zero-order valence-electron chi connectivity index (χ0n) is 23.4. The number of rotatable bonds is 10. The van der Waals surface area contributed by atoms with Gasteiger partial charge in [-0.3, -0.25) is 14.6 Å². The lowest BCUT2D eigenvalue weighted by Crippen LogP contribution is -2.25. The molecule has 0 amide bonds. The van der Waals surface area contributed by atoms with Crippen LogP contribution in [0.4, 0.5) is 13.2 Å². The molecule has 0 aliphatic heterocycles. The van der Waals surface area contributed by atoms with Crippen LogP contribution < -0.4 is 19.6 Å². The van der Waals surface area contributed by atoms with E-state index in [0.717, 1.165) is 12.1 Å². The van der Waals surface area contributed by atoms with Gasteiger partial charge in [0, 0.05) is 42.2 Å². The fraction of sp³-hybridized carbons (Fsp3) is 0.188. The van der Waals surface area contributed by atoms with Crippen LogP contribution in [0, 0.1) is 12.7 Å². The average molecular weight is 590 g/mol. The molecule has 11 heteroatoms. The van der Waals surface area contributed by atoms with Crippen LogP contribution in [0.5, 0.6) is 23.1 Å². The van der Waals surface area contributed by atoms with Gasteiger partial charge in [0.25, 0.3) is 12.3 Å². The number of methoxy groups -OCH3 is 2. The molecule has 0 fully saturated rings. The number of hydrogen-bond acceptors (Lipinski definition) is 7. The zero-order chi connectivity index (χ0) is 30.7. The second kappa shape index (κ2) is 12.4. The summed E-state index contributed by atoms with van der Waals surface area (Å²) in [5.41, 5.74) is 1.25. The molecule has 0 bridgehead atoms. The van der Waals surface area contributed by atoms with Gasteiger partial charge in [-0.2, -0.15) is 0 Å². The van der Waals surface area contributed by atoms with E-state index in [1.165, 1.54) is 44.0 Å². The third-order valence-electron chi connectivity index (χ3n) is 6.85. The Kier molecular flexibility index (Phi) is 8.42. The molecule has 0 N–H and O–H groups in total. The van der Waals surface area contributed by atoms with Crippen molar-refractivity contribution in [3.8, 4) is 34.3 Å². The summed E-state index contributed by atoms with van der Waals surface area (Å²) in [6.07, 6.45) is -0.0203. The molecule has 0 radical (unpaired) electrons. The Morgan fingerprint density at radius 1 is 0.977 bits per heavy atom. The van der Waals surface area contributed by atoms with Crippen molar-refractivity contribution in [2.75, 3.05) is 14.2 Å². The van der Waals surface area contributed by atoms with E-state index in [1.807, 2.05) is 0 Å². The maximum Gasteiger partial charge on any atom is 0.257 e. The SMILES string of the molecule is COc1cc2nccc(Oc3ccc(CC(=O)c4c(C)n(CC(F)F)cc(-c5ccc(F)cc5)c4=O)cc3)c2nc1OC. The molecule has 8 nitrogen and oxygen atoms in total. The van der Waals surface area contributed by atoms with E-state index in [9.17, 15) is 22.8 Å². The van der Waals surface area contributed by atoms with Crippen LogP contribution in [0.15, 0.2) is 77.9 Å². The van der Waals surface area contributed by atoms with Crippen LogP contribution in [0.1, 0.15) is 21.6 Å². The first-order valence-electron chi connectivity index (χ1n) is 13.1. The molecule has 3 aromatic heterocycles. The second-order valence-corrected chi connectivity index (χ2v) is 9.61. The highest BCUT2D eigenvalue weighted by atomic mass is 19.3. The lowest BCUT2D eigenvalue weighted by Gasteiger charge is -2.16. The van der Waals surface area contributed by atoms with Crippen LogP contribution in [0.25, 0.3) is 22.2 Å². The Balaban J connectivity index is 1.42. The first-order chi connectivity index (χ1) is 20.7. The fourth-order valence-electron chi connectivity index (χ4n) is 4.72. The Bertz CT molecular complexity index is 1860. The molecule has 0 saturated carbocycles. The number of fused-ring (bicyclic) bond motifs is 1. The standard InChI is InChI=1S/C32H26F3N3O5/c1-18-29(31(40)23(16-38(18)17-28(34)35)20-6-8-21(33)9-7-20)25(39)14-19-4-10-22(11-5-19)43-26-12-13-36-24-15-27(41-2)32(42-3)37-30(24)26/h4-13,15-16,28H,14,17H2,1-3H3. The molecule has 220 valence electrons. The molecule has 0 aliphatic carbocycles. The largest absolute Gasteiger partial charge is 0.491 e. The summed E-state index contributed by atoms with van der Waals surface area (Å²) in [7, 11) is 2.98. The van der Waals surface area contributed by atoms with Crippen LogP contribution in [-0.2, 0) is 13.0 Å². The van der Waals surface area contributed by atoms with Crippen molar-refractivity contribution in [1.82, 2.24) is 14.5 Å². The summed E-state index contributed by atoms with van der Waals surface area (Å²) in [4.78, 5) is 35.6. The summed E-state index contributed by atoms with van der Waals surface area (Å²) in [5, 5.41) is 0. The lowest BCUT2D eigenvalue weighted by molar-refractivity contribution is 0.0986. The van der Waals surface area contributed by atoms with E-state index < -0.39 is 30.0 Å². The summed E-state index contributed by atoms with van der Waals surface area (Å²) < 4.78 is 58.0. The number of alkyl halides is 2. The molecule has 43 heavy (non-hydrogen) atoms. The van der Waals surface area contributed by atoms with Crippen molar-refractivity contribution < 1.29 is 32.2 Å². The van der Waals surface area contributed by atoms with Crippen molar-refractivity contribution in [3.63, 3.8) is 0 Å². The first-order valence-corrected chi connectivity index (χ1v) is 13.1. The van der Waals surface area contributed by atoms with Crippen molar-refractivity contribution >= 4 is 16.8 Å². The molecule has 3 heterocycles. The first kappa shape index (κ1) is 29.3. The van der Waals surface area contributed by atoms with Crippen molar-refractivity contribution in [1.29, 1.82) is 0 Å². The number of carbonyl (C=O) groups is 1. The van der Waals surface area contributed by atoms with Crippen LogP contribution in [-0.4, -0.2) is 41.0 Å². The molecule has 0 aliphatic rings. The van der Waals surface area contributed by atoms with E-state index in [0.29, 0.717) is 39.4 Å². The van der Waals surface area contributed by atoms with Gasteiger partial charge in [0.1, 0.15) is 17.1 Å². The quantitative estimate of drug-likeness (QED) is 0.174. The summed E-state index contributed by atoms with van der Waals surface area (Å²) >= 11 is 0. The number of benzene rings is 2. The molecular weight excluding hydrogens is 563 g/mol. The maximum absolute atomic E-state index is 13.5. The highest BCUT2D eigenvalue weighted by Gasteiger charge is 2.22.